The summed E-state index contributed by atoms with van der Waals surface area (Å²) >= 11 is -3.76. The minimum atomic E-state index is -3.76. The van der Waals surface area contributed by atoms with Gasteiger partial charge in [0.25, 0.3) is 0 Å². The van der Waals surface area contributed by atoms with Crippen LogP contribution in [0.4, 0.5) is 0 Å². The maximum atomic E-state index is 8.68. The lowest BCUT2D eigenvalue weighted by Crippen LogP contribution is -3.98. The Morgan fingerprint density at radius 3 is 1.40 bits per heavy atom. The Bertz CT molecular complexity index is 9.61. The molecular weight excluding hydrogens is 302 g/mol. The number of halogens is 2. The molecule has 0 unspecified atom stereocenters. The summed E-state index contributed by atoms with van der Waals surface area (Å²) in [6.07, 6.45) is 0. The van der Waals surface area contributed by atoms with Crippen molar-refractivity contribution in [2.24, 2.45) is 0 Å². The maximum Gasteiger partial charge on any atom is 0.503 e. The first-order valence-electron chi connectivity index (χ1n) is 0.478. The molecule has 0 rings (SSSR count). The zero-order chi connectivity index (χ0) is 3.58. The summed E-state index contributed by atoms with van der Waals surface area (Å²) in [6.45, 7) is 0. The molecule has 0 saturated heterocycles. The molecule has 34 valence electrons. The highest BCUT2D eigenvalue weighted by molar-refractivity contribution is 14.0. The molecular formula is H2I2O3. The largest absolute Gasteiger partial charge is 0.503 e. The van der Waals surface area contributed by atoms with E-state index in [0.717, 1.165) is 0 Å². The average molecular weight is 304 g/mol. The van der Waals surface area contributed by atoms with Crippen molar-refractivity contribution in [1.82, 2.24) is 0 Å². The number of hydrogen-bond donors (Lipinski definition) is 1. The molecule has 0 aromatic carbocycles. The molecule has 0 fully saturated rings. The molecule has 0 bridgehead atoms. The summed E-state index contributed by atoms with van der Waals surface area (Å²) in [6, 6.07) is 0. The normalized spacial score (nSPS) is 7.20. The van der Waals surface area contributed by atoms with Gasteiger partial charge in [0.05, 0.1) is 0 Å². The lowest BCUT2D eigenvalue weighted by Gasteiger charge is -1.67. The van der Waals surface area contributed by atoms with Gasteiger partial charge >= 0.3 is 21.1 Å². The molecule has 0 aromatic rings. The van der Waals surface area contributed by atoms with Gasteiger partial charge in [-0.15, -0.1) is 24.0 Å². The molecule has 0 aliphatic carbocycles. The van der Waals surface area contributed by atoms with Gasteiger partial charge in [-0.1, -0.05) is 0 Å². The van der Waals surface area contributed by atoms with Gasteiger partial charge in [0.1, 0.15) is 0 Å². The van der Waals surface area contributed by atoms with Gasteiger partial charge in [0.2, 0.25) is 0 Å². The summed E-state index contributed by atoms with van der Waals surface area (Å²) in [4.78, 5) is 0. The summed E-state index contributed by atoms with van der Waals surface area (Å²) in [7, 11) is 0. The van der Waals surface area contributed by atoms with E-state index in [1.165, 1.54) is 0 Å². The zero-order valence-electron chi connectivity index (χ0n) is 2.05. The first-order chi connectivity index (χ1) is 1.73. The van der Waals surface area contributed by atoms with Crippen LogP contribution in [0, 0.1) is 0 Å². The average Bonchev–Trinajstić information content (AvgIpc) is 0.811. The van der Waals surface area contributed by atoms with Gasteiger partial charge in [0, 0.05) is 0 Å². The third kappa shape index (κ3) is 33.2. The van der Waals surface area contributed by atoms with Crippen LogP contribution >= 0.6 is 24.0 Å². The maximum absolute atomic E-state index is 8.68. The lowest BCUT2D eigenvalue weighted by molar-refractivity contribution is -1.63. The standard InChI is InChI=1S/HIO3.HI/c2-1(3)4;/h2H;1H. The van der Waals surface area contributed by atoms with Crippen LogP contribution in [0.2, 0.25) is 0 Å². The molecule has 3 nitrogen and oxygen atoms in total. The van der Waals surface area contributed by atoms with E-state index in [-0.39, 0.29) is 24.0 Å². The third-order valence-corrected chi connectivity index (χ3v) is 0. The van der Waals surface area contributed by atoms with Crippen LogP contribution in [0.15, 0.2) is 0 Å². The molecule has 0 aromatic heterocycles. The van der Waals surface area contributed by atoms with Gasteiger partial charge in [-0.25, -0.2) is 0 Å². The monoisotopic (exact) mass is 304 g/mol. The smallest absolute Gasteiger partial charge is 0.396 e. The fourth-order valence-electron chi connectivity index (χ4n) is 0. The van der Waals surface area contributed by atoms with E-state index in [2.05, 4.69) is 0 Å². The SMILES string of the molecule is I.[O-][I+2]([O-])O. The van der Waals surface area contributed by atoms with Crippen molar-refractivity contribution in [3.63, 3.8) is 0 Å². The minimum Gasteiger partial charge on any atom is -0.396 e. The van der Waals surface area contributed by atoms with E-state index >= 15 is 0 Å². The van der Waals surface area contributed by atoms with Crippen molar-refractivity contribution in [2.75, 3.05) is 0 Å². The number of hydrogen-bond acceptors (Lipinski definition) is 3. The van der Waals surface area contributed by atoms with Gasteiger partial charge in [-0.05, 0) is 3.44 Å². The second kappa shape index (κ2) is 5.34. The van der Waals surface area contributed by atoms with Crippen molar-refractivity contribution < 1.29 is 31.4 Å². The van der Waals surface area contributed by atoms with Crippen molar-refractivity contribution in [2.45, 2.75) is 0 Å². The second-order valence-electron chi connectivity index (χ2n) is 0.201. The molecule has 5 heavy (non-hydrogen) atoms. The highest BCUT2D eigenvalue weighted by Crippen LogP contribution is 0.886. The van der Waals surface area contributed by atoms with Gasteiger partial charge < -0.3 is 6.87 Å². The second-order valence-corrected chi connectivity index (χ2v) is 1.35. The Morgan fingerprint density at radius 1 is 1.40 bits per heavy atom. The highest BCUT2D eigenvalue weighted by atomic mass is 127. The van der Waals surface area contributed by atoms with Crippen LogP contribution in [0.5, 0.6) is 0 Å². The Balaban J connectivity index is 0. The Hall–Kier alpha value is 1.34. The first-order valence-corrected chi connectivity index (χ1v) is 3.20. The van der Waals surface area contributed by atoms with Crippen molar-refractivity contribution in [1.29, 1.82) is 0 Å². The molecule has 0 amide bonds. The fourth-order valence-corrected chi connectivity index (χ4v) is 0. The molecule has 0 atom stereocenters. The van der Waals surface area contributed by atoms with Crippen molar-refractivity contribution in [3.8, 4) is 0 Å². The molecule has 0 saturated carbocycles. The van der Waals surface area contributed by atoms with E-state index in [4.69, 9.17) is 10.3 Å². The van der Waals surface area contributed by atoms with Crippen LogP contribution in [-0.4, -0.2) is 3.44 Å². The molecule has 0 aliphatic rings. The van der Waals surface area contributed by atoms with Gasteiger partial charge in [-0.2, -0.15) is 0 Å². The predicted octanol–water partition coefficient (Wildman–Crippen LogP) is -5.31. The summed E-state index contributed by atoms with van der Waals surface area (Å²) in [5.41, 5.74) is 0. The summed E-state index contributed by atoms with van der Waals surface area (Å²) in [5, 5.41) is 0. The molecule has 5 heteroatoms. The topological polar surface area (TPSA) is 66.3 Å². The van der Waals surface area contributed by atoms with E-state index in [1.807, 2.05) is 0 Å². The van der Waals surface area contributed by atoms with Gasteiger partial charge in [0.15, 0.2) is 0 Å². The van der Waals surface area contributed by atoms with Crippen LogP contribution in [0.3, 0.4) is 0 Å². The molecule has 0 aliphatic heterocycles. The number of rotatable bonds is 0. The predicted molar refractivity (Wildman–Crippen MR) is 17.6 cm³/mol. The summed E-state index contributed by atoms with van der Waals surface area (Å²) in [5.74, 6) is 0. The Kier molecular flexibility index (Phi) is 10.3. The van der Waals surface area contributed by atoms with Crippen LogP contribution < -0.4 is 27.9 Å². The highest BCUT2D eigenvalue weighted by Gasteiger charge is 1.89. The third-order valence-electron chi connectivity index (χ3n) is 0. The van der Waals surface area contributed by atoms with E-state index in [9.17, 15) is 0 Å². The fraction of sp³-hybridized carbons (Fsp3) is 0. The molecule has 0 spiro atoms. The van der Waals surface area contributed by atoms with Crippen LogP contribution in [0.25, 0.3) is 0 Å². The van der Waals surface area contributed by atoms with E-state index < -0.39 is 21.1 Å². The zero-order valence-corrected chi connectivity index (χ0v) is 6.54. The van der Waals surface area contributed by atoms with E-state index in [1.54, 1.807) is 0 Å². The molecule has 1 N–H and O–H groups in total. The minimum absolute atomic E-state index is 0. The van der Waals surface area contributed by atoms with Crippen LogP contribution in [-0.2, 0) is 0 Å². The first kappa shape index (κ1) is 9.60. The van der Waals surface area contributed by atoms with Crippen molar-refractivity contribution >= 4 is 24.0 Å². The van der Waals surface area contributed by atoms with Crippen molar-refractivity contribution in [3.05, 3.63) is 0 Å². The van der Waals surface area contributed by atoms with E-state index in [0.29, 0.717) is 0 Å². The molecule has 0 radical (unpaired) electrons. The summed E-state index contributed by atoms with van der Waals surface area (Å²) < 4.78 is 24.5. The Morgan fingerprint density at radius 2 is 1.40 bits per heavy atom. The quantitative estimate of drug-likeness (QED) is 0.455. The van der Waals surface area contributed by atoms with Gasteiger partial charge in [-0.3, -0.25) is 0 Å². The van der Waals surface area contributed by atoms with Crippen LogP contribution in [0.1, 0.15) is 0 Å². The molecule has 0 heterocycles. The Labute approximate surface area is 55.1 Å². The lowest BCUT2D eigenvalue weighted by atomic mass is 16.0.